The molecule has 1 aromatic heterocycles. The second-order valence-corrected chi connectivity index (χ2v) is 10.7. The molecule has 202 valence electrons. The number of phenolic OH excluding ortho intramolecular Hbond substituents is 5. The monoisotopic (exact) mass is 546 g/mol. The Morgan fingerprint density at radius 2 is 1.49 bits per heavy atom. The van der Waals surface area contributed by atoms with Crippen LogP contribution in [0.25, 0.3) is 33.6 Å². The van der Waals surface area contributed by atoms with Gasteiger partial charge in [0.2, 0.25) is 0 Å². The maximum Gasteiger partial charge on any atom is 0.143 e. The van der Waals surface area contributed by atoms with Crippen molar-refractivity contribution in [3.8, 4) is 51.6 Å². The Morgan fingerprint density at radius 1 is 0.732 bits per heavy atom. The molecule has 3 aliphatic rings. The summed E-state index contributed by atoms with van der Waals surface area (Å²) < 4.78 is 18.9. The third-order valence-electron chi connectivity index (χ3n) is 8.04. The minimum Gasteiger partial charge on any atom is -0.508 e. The summed E-state index contributed by atoms with van der Waals surface area (Å²) >= 11 is 0. The molecule has 2 aliphatic heterocycles. The van der Waals surface area contributed by atoms with Crippen molar-refractivity contribution in [2.75, 3.05) is 0 Å². The quantitative estimate of drug-likeness (QED) is 0.164. The Labute approximate surface area is 232 Å². The number of hydrogen-bond donors (Lipinski definition) is 5. The van der Waals surface area contributed by atoms with E-state index in [9.17, 15) is 25.5 Å². The lowest BCUT2D eigenvalue weighted by atomic mass is 9.81. The molecule has 3 heterocycles. The van der Waals surface area contributed by atoms with Gasteiger partial charge in [0.25, 0.3) is 0 Å². The van der Waals surface area contributed by atoms with E-state index in [4.69, 9.17) is 13.9 Å². The highest BCUT2D eigenvalue weighted by atomic mass is 16.5. The summed E-state index contributed by atoms with van der Waals surface area (Å²) in [5.41, 5.74) is 3.24. The van der Waals surface area contributed by atoms with E-state index in [0.29, 0.717) is 56.4 Å². The van der Waals surface area contributed by atoms with Crippen molar-refractivity contribution in [3.05, 3.63) is 101 Å². The van der Waals surface area contributed by atoms with Crippen molar-refractivity contribution in [3.63, 3.8) is 0 Å². The first kappa shape index (κ1) is 23.4. The van der Waals surface area contributed by atoms with E-state index >= 15 is 0 Å². The van der Waals surface area contributed by atoms with Crippen LogP contribution in [0.4, 0.5) is 0 Å². The third kappa shape index (κ3) is 3.27. The number of benzene rings is 4. The predicted octanol–water partition coefficient (Wildman–Crippen LogP) is 6.76. The van der Waals surface area contributed by atoms with Crippen molar-refractivity contribution in [1.82, 2.24) is 0 Å². The van der Waals surface area contributed by atoms with E-state index in [0.717, 1.165) is 10.9 Å². The van der Waals surface area contributed by atoms with Gasteiger partial charge < -0.3 is 39.4 Å². The lowest BCUT2D eigenvalue weighted by Gasteiger charge is -2.29. The van der Waals surface area contributed by atoms with Gasteiger partial charge in [-0.15, -0.1) is 0 Å². The van der Waals surface area contributed by atoms with Gasteiger partial charge in [-0.25, -0.2) is 0 Å². The molecule has 41 heavy (non-hydrogen) atoms. The molecule has 4 aromatic carbocycles. The van der Waals surface area contributed by atoms with Crippen LogP contribution in [-0.4, -0.2) is 31.1 Å². The molecular formula is C33H22O8. The van der Waals surface area contributed by atoms with Crippen LogP contribution >= 0.6 is 0 Å². The molecule has 0 bridgehead atoms. The summed E-state index contributed by atoms with van der Waals surface area (Å²) in [5, 5.41) is 53.0. The van der Waals surface area contributed by atoms with E-state index in [1.807, 2.05) is 19.1 Å². The summed E-state index contributed by atoms with van der Waals surface area (Å²) in [5.74, 6) is 1.19. The largest absolute Gasteiger partial charge is 0.508 e. The summed E-state index contributed by atoms with van der Waals surface area (Å²) in [6.07, 6.45) is 1.94. The van der Waals surface area contributed by atoms with Crippen molar-refractivity contribution in [1.29, 1.82) is 0 Å². The van der Waals surface area contributed by atoms with Gasteiger partial charge in [0, 0.05) is 40.3 Å². The average molecular weight is 547 g/mol. The van der Waals surface area contributed by atoms with Gasteiger partial charge >= 0.3 is 0 Å². The fourth-order valence-corrected chi connectivity index (χ4v) is 6.32. The molecule has 1 aliphatic carbocycles. The van der Waals surface area contributed by atoms with E-state index in [-0.39, 0.29) is 34.7 Å². The molecule has 0 saturated heterocycles. The number of furan rings is 1. The molecule has 5 N–H and O–H groups in total. The second-order valence-electron chi connectivity index (χ2n) is 10.7. The highest BCUT2D eigenvalue weighted by Crippen LogP contribution is 2.63. The Kier molecular flexibility index (Phi) is 4.44. The van der Waals surface area contributed by atoms with Crippen LogP contribution in [0.15, 0.2) is 88.9 Å². The Hall–Kier alpha value is -5.50. The highest BCUT2D eigenvalue weighted by Gasteiger charge is 2.54. The molecule has 0 amide bonds. The van der Waals surface area contributed by atoms with Gasteiger partial charge in [0.1, 0.15) is 63.0 Å². The zero-order chi connectivity index (χ0) is 28.2. The number of phenols is 5. The molecule has 0 spiro atoms. The second kappa shape index (κ2) is 7.79. The molecule has 5 aromatic rings. The lowest BCUT2D eigenvalue weighted by molar-refractivity contribution is 0.160. The van der Waals surface area contributed by atoms with E-state index in [1.165, 1.54) is 18.2 Å². The lowest BCUT2D eigenvalue weighted by Crippen LogP contribution is -2.29. The third-order valence-corrected chi connectivity index (χ3v) is 8.04. The average Bonchev–Trinajstić information content (AvgIpc) is 3.54. The van der Waals surface area contributed by atoms with Crippen molar-refractivity contribution in [2.45, 2.75) is 18.4 Å². The smallest absolute Gasteiger partial charge is 0.143 e. The minimum atomic E-state index is -0.866. The van der Waals surface area contributed by atoms with Crippen LogP contribution in [0.1, 0.15) is 29.5 Å². The highest BCUT2D eigenvalue weighted by molar-refractivity contribution is 6.01. The predicted molar refractivity (Wildman–Crippen MR) is 150 cm³/mol. The van der Waals surface area contributed by atoms with Crippen LogP contribution < -0.4 is 9.47 Å². The standard InChI is InChI=1S/C33H22O8/c1-33-14-22-29-24(38)8-16(25-9-15-2-3-18(35)12-26(15)39-25)10-28(29)40-32(20-6-4-17(34)11-23(20)37)30(22)31(33)21-7-5-19(36)13-27(21)41-33/h2-14,31,34-38H,1H3. The van der Waals surface area contributed by atoms with Crippen LogP contribution in [-0.2, 0) is 0 Å². The molecule has 8 rings (SSSR count). The zero-order valence-corrected chi connectivity index (χ0v) is 21.5. The van der Waals surface area contributed by atoms with Crippen LogP contribution in [0.2, 0.25) is 0 Å². The van der Waals surface area contributed by atoms with Gasteiger partial charge in [-0.1, -0.05) is 6.07 Å². The number of fused-ring (bicyclic) bond motifs is 8. The molecule has 0 radical (unpaired) electrons. The van der Waals surface area contributed by atoms with Gasteiger partial charge in [-0.3, -0.25) is 0 Å². The topological polar surface area (TPSA) is 133 Å². The Morgan fingerprint density at radius 3 is 2.32 bits per heavy atom. The molecule has 8 nitrogen and oxygen atoms in total. The molecular weight excluding hydrogens is 524 g/mol. The van der Waals surface area contributed by atoms with E-state index in [2.05, 4.69) is 0 Å². The van der Waals surface area contributed by atoms with Gasteiger partial charge in [-0.2, -0.15) is 0 Å². The van der Waals surface area contributed by atoms with E-state index in [1.54, 1.807) is 48.5 Å². The molecule has 2 atom stereocenters. The number of hydrogen-bond acceptors (Lipinski definition) is 8. The number of ether oxygens (including phenoxy) is 2. The maximum atomic E-state index is 11.4. The summed E-state index contributed by atoms with van der Waals surface area (Å²) in [4.78, 5) is 0. The zero-order valence-electron chi connectivity index (χ0n) is 21.5. The van der Waals surface area contributed by atoms with Crippen molar-refractivity contribution in [2.24, 2.45) is 0 Å². The van der Waals surface area contributed by atoms with Crippen LogP contribution in [0, 0.1) is 0 Å². The van der Waals surface area contributed by atoms with Gasteiger partial charge in [0.15, 0.2) is 0 Å². The summed E-state index contributed by atoms with van der Waals surface area (Å²) in [6.45, 7) is 1.93. The Balaban J connectivity index is 1.35. The maximum absolute atomic E-state index is 11.4. The number of allylic oxidation sites excluding steroid dienone is 1. The number of rotatable bonds is 2. The van der Waals surface area contributed by atoms with Crippen molar-refractivity contribution < 1.29 is 39.4 Å². The first-order valence-corrected chi connectivity index (χ1v) is 13.0. The van der Waals surface area contributed by atoms with Gasteiger partial charge in [-0.05, 0) is 67.1 Å². The fraction of sp³-hybridized carbons (Fsp3) is 0.0909. The molecule has 8 heteroatoms. The van der Waals surface area contributed by atoms with Crippen LogP contribution in [0.5, 0.6) is 40.2 Å². The fourth-order valence-electron chi connectivity index (χ4n) is 6.32. The van der Waals surface area contributed by atoms with Crippen molar-refractivity contribution >= 4 is 22.3 Å². The number of aromatic hydroxyl groups is 5. The summed E-state index contributed by atoms with van der Waals surface area (Å²) in [7, 11) is 0. The molecule has 2 unspecified atom stereocenters. The molecule has 0 fully saturated rings. The first-order valence-electron chi connectivity index (χ1n) is 13.0. The van der Waals surface area contributed by atoms with E-state index < -0.39 is 5.60 Å². The minimum absolute atomic E-state index is 0.0342. The van der Waals surface area contributed by atoms with Gasteiger partial charge in [0.05, 0.1) is 17.0 Å². The molecule has 0 saturated carbocycles. The van der Waals surface area contributed by atoms with Crippen LogP contribution in [0.3, 0.4) is 0 Å². The first-order chi connectivity index (χ1) is 19.7. The SMILES string of the molecule is CC12C=C3C(=C(c4ccc(O)cc4O)Oc4cc(-c5cc6ccc(O)cc6o5)cc(O)c43)C1c1ccc(O)cc1O2. The Bertz CT molecular complexity index is 2030. The normalized spacial score (nSPS) is 20.1. The summed E-state index contributed by atoms with van der Waals surface area (Å²) in [6, 6.07) is 19.3.